The number of para-hydroxylation sites is 2. The second-order valence-corrected chi connectivity index (χ2v) is 11.7. The fourth-order valence-corrected chi connectivity index (χ4v) is 4.87. The summed E-state index contributed by atoms with van der Waals surface area (Å²) >= 11 is 0. The van der Waals surface area contributed by atoms with E-state index >= 15 is 0 Å². The number of ether oxygens (including phenoxy) is 1. The highest BCUT2D eigenvalue weighted by atomic mass is 16.5. The standard InChI is InChI=1S/C34H43N5O3/c1-34(2,3)27-14-16-28(17-15-27)36-33(41)32(38(4)19-20-39-21-23-42-24-22-39)26-12-9-25(10-13-26)11-18-31(40)37-30-8-6-5-7-29(30)35/h5-18,32H,19-24,35H2,1-4H3,(H,36,41)(H,37,40). The third-order valence-electron chi connectivity index (χ3n) is 7.48. The van der Waals surface area contributed by atoms with Gasteiger partial charge in [0.2, 0.25) is 11.8 Å². The second-order valence-electron chi connectivity index (χ2n) is 11.7. The van der Waals surface area contributed by atoms with Crippen LogP contribution in [0, 0.1) is 0 Å². The van der Waals surface area contributed by atoms with Crippen LogP contribution in [-0.4, -0.2) is 68.1 Å². The van der Waals surface area contributed by atoms with E-state index in [2.05, 4.69) is 53.3 Å². The molecule has 1 fully saturated rings. The van der Waals surface area contributed by atoms with Gasteiger partial charge in [0.25, 0.3) is 0 Å². The van der Waals surface area contributed by atoms with Crippen LogP contribution in [0.15, 0.2) is 78.9 Å². The molecule has 222 valence electrons. The first kappa shape index (κ1) is 31.0. The quantitative estimate of drug-likeness (QED) is 0.230. The molecule has 4 N–H and O–H groups in total. The lowest BCUT2D eigenvalue weighted by Gasteiger charge is -2.32. The van der Waals surface area contributed by atoms with Crippen molar-refractivity contribution in [2.75, 3.05) is 62.8 Å². The Labute approximate surface area is 249 Å². The van der Waals surface area contributed by atoms with Gasteiger partial charge in [-0.25, -0.2) is 0 Å². The minimum atomic E-state index is -0.490. The second kappa shape index (κ2) is 14.3. The van der Waals surface area contributed by atoms with Crippen LogP contribution >= 0.6 is 0 Å². The normalized spacial score (nSPS) is 15.1. The van der Waals surface area contributed by atoms with Crippen LogP contribution < -0.4 is 16.4 Å². The van der Waals surface area contributed by atoms with Gasteiger partial charge >= 0.3 is 0 Å². The minimum absolute atomic E-state index is 0.0383. The van der Waals surface area contributed by atoms with Gasteiger partial charge in [-0.3, -0.25) is 19.4 Å². The third kappa shape index (κ3) is 8.76. The number of carbonyl (C=O) groups excluding carboxylic acids is 2. The first-order valence-electron chi connectivity index (χ1n) is 14.5. The topological polar surface area (TPSA) is 99.9 Å². The first-order chi connectivity index (χ1) is 20.1. The zero-order valence-electron chi connectivity index (χ0n) is 25.1. The number of benzene rings is 3. The summed E-state index contributed by atoms with van der Waals surface area (Å²) in [7, 11) is 1.99. The fourth-order valence-electron chi connectivity index (χ4n) is 4.87. The number of likely N-dealkylation sites (N-methyl/N-ethyl adjacent to an activating group) is 1. The molecule has 1 heterocycles. The highest BCUT2D eigenvalue weighted by molar-refractivity contribution is 6.03. The van der Waals surface area contributed by atoms with Gasteiger partial charge in [0, 0.05) is 37.9 Å². The van der Waals surface area contributed by atoms with Gasteiger partial charge in [-0.15, -0.1) is 0 Å². The Morgan fingerprint density at radius 3 is 2.29 bits per heavy atom. The Hall–Kier alpha value is -3.98. The Bertz CT molecular complexity index is 1360. The summed E-state index contributed by atoms with van der Waals surface area (Å²) in [5.41, 5.74) is 10.8. The third-order valence-corrected chi connectivity index (χ3v) is 7.48. The minimum Gasteiger partial charge on any atom is -0.397 e. The summed E-state index contributed by atoms with van der Waals surface area (Å²) < 4.78 is 5.48. The highest BCUT2D eigenvalue weighted by Gasteiger charge is 2.26. The number of nitrogens with one attached hydrogen (secondary N) is 2. The zero-order chi connectivity index (χ0) is 30.1. The van der Waals surface area contributed by atoms with E-state index in [1.165, 1.54) is 11.6 Å². The van der Waals surface area contributed by atoms with Gasteiger partial charge < -0.3 is 21.1 Å². The summed E-state index contributed by atoms with van der Waals surface area (Å²) in [4.78, 5) is 30.6. The van der Waals surface area contributed by atoms with E-state index in [1.54, 1.807) is 18.2 Å². The van der Waals surface area contributed by atoms with E-state index in [-0.39, 0.29) is 17.2 Å². The molecule has 0 spiro atoms. The predicted molar refractivity (Wildman–Crippen MR) is 171 cm³/mol. The molecule has 0 aliphatic carbocycles. The average molecular weight is 570 g/mol. The number of morpholine rings is 1. The Balaban J connectivity index is 1.47. The Morgan fingerprint density at radius 2 is 1.64 bits per heavy atom. The summed E-state index contributed by atoms with van der Waals surface area (Å²) in [6.07, 6.45) is 3.22. The number of nitrogen functional groups attached to an aromatic ring is 1. The lowest BCUT2D eigenvalue weighted by Crippen LogP contribution is -2.43. The summed E-state index contributed by atoms with van der Waals surface area (Å²) in [5.74, 6) is -0.360. The van der Waals surface area contributed by atoms with Crippen molar-refractivity contribution >= 4 is 35.0 Å². The number of nitrogens with zero attached hydrogens (tertiary/aromatic N) is 2. The van der Waals surface area contributed by atoms with E-state index in [1.807, 2.05) is 55.6 Å². The van der Waals surface area contributed by atoms with Gasteiger partial charge in [0.05, 0.1) is 24.6 Å². The molecule has 0 saturated carbocycles. The number of carbonyl (C=O) groups is 2. The smallest absolute Gasteiger partial charge is 0.248 e. The van der Waals surface area contributed by atoms with Gasteiger partial charge in [0.15, 0.2) is 0 Å². The molecule has 42 heavy (non-hydrogen) atoms. The molecule has 1 aliphatic rings. The molecular formula is C34H43N5O3. The SMILES string of the molecule is CN(CCN1CCOCC1)C(C(=O)Nc1ccc(C(C)(C)C)cc1)c1ccc(C=CC(=O)Nc2ccccc2N)cc1. The van der Waals surface area contributed by atoms with E-state index in [0.29, 0.717) is 11.4 Å². The predicted octanol–water partition coefficient (Wildman–Crippen LogP) is 5.16. The van der Waals surface area contributed by atoms with Gasteiger partial charge in [-0.1, -0.05) is 69.3 Å². The molecule has 1 aliphatic heterocycles. The van der Waals surface area contributed by atoms with Crippen molar-refractivity contribution in [3.63, 3.8) is 0 Å². The summed E-state index contributed by atoms with van der Waals surface area (Å²) in [6, 6.07) is 22.4. The first-order valence-corrected chi connectivity index (χ1v) is 14.5. The van der Waals surface area contributed by atoms with Crippen LogP contribution in [0.2, 0.25) is 0 Å². The molecule has 3 aromatic carbocycles. The maximum absolute atomic E-state index is 13.7. The number of rotatable bonds is 10. The molecule has 8 nitrogen and oxygen atoms in total. The van der Waals surface area contributed by atoms with Crippen molar-refractivity contribution in [1.29, 1.82) is 0 Å². The van der Waals surface area contributed by atoms with E-state index < -0.39 is 6.04 Å². The number of hydrogen-bond donors (Lipinski definition) is 3. The Morgan fingerprint density at radius 1 is 0.976 bits per heavy atom. The lowest BCUT2D eigenvalue weighted by molar-refractivity contribution is -0.121. The molecule has 2 amide bonds. The van der Waals surface area contributed by atoms with Gasteiger partial charge in [-0.05, 0) is 59.5 Å². The van der Waals surface area contributed by atoms with Crippen molar-refractivity contribution in [1.82, 2.24) is 9.80 Å². The maximum Gasteiger partial charge on any atom is 0.248 e. The molecule has 3 aromatic rings. The molecular weight excluding hydrogens is 526 g/mol. The van der Waals surface area contributed by atoms with Crippen LogP contribution in [0.4, 0.5) is 17.1 Å². The van der Waals surface area contributed by atoms with Gasteiger partial charge in [0.1, 0.15) is 6.04 Å². The monoisotopic (exact) mass is 569 g/mol. The molecule has 4 rings (SSSR count). The fraction of sp³-hybridized carbons (Fsp3) is 0.353. The van der Waals surface area contributed by atoms with E-state index in [0.717, 1.165) is 56.2 Å². The molecule has 0 bridgehead atoms. The maximum atomic E-state index is 13.7. The number of nitrogens with two attached hydrogens (primary N) is 1. The lowest BCUT2D eigenvalue weighted by atomic mass is 9.87. The van der Waals surface area contributed by atoms with Crippen molar-refractivity contribution in [2.24, 2.45) is 0 Å². The zero-order valence-corrected chi connectivity index (χ0v) is 25.1. The van der Waals surface area contributed by atoms with E-state index in [4.69, 9.17) is 10.5 Å². The van der Waals surface area contributed by atoms with Crippen molar-refractivity contribution in [3.8, 4) is 0 Å². The molecule has 1 atom stereocenters. The van der Waals surface area contributed by atoms with E-state index in [9.17, 15) is 9.59 Å². The van der Waals surface area contributed by atoms with Crippen molar-refractivity contribution in [3.05, 3.63) is 95.6 Å². The van der Waals surface area contributed by atoms with Crippen molar-refractivity contribution < 1.29 is 14.3 Å². The Kier molecular flexibility index (Phi) is 10.5. The van der Waals surface area contributed by atoms with Crippen LogP contribution in [0.5, 0.6) is 0 Å². The molecule has 1 saturated heterocycles. The number of amides is 2. The number of anilines is 3. The molecule has 0 radical (unpaired) electrons. The average Bonchev–Trinajstić information content (AvgIpc) is 2.97. The van der Waals surface area contributed by atoms with Crippen molar-refractivity contribution in [2.45, 2.75) is 32.2 Å². The molecule has 1 unspecified atom stereocenters. The number of hydrogen-bond acceptors (Lipinski definition) is 6. The van der Waals surface area contributed by atoms with Crippen LogP contribution in [0.3, 0.4) is 0 Å². The van der Waals surface area contributed by atoms with Gasteiger partial charge in [-0.2, -0.15) is 0 Å². The largest absolute Gasteiger partial charge is 0.397 e. The van der Waals surface area contributed by atoms with Crippen LogP contribution in [0.1, 0.15) is 43.5 Å². The highest BCUT2D eigenvalue weighted by Crippen LogP contribution is 2.26. The summed E-state index contributed by atoms with van der Waals surface area (Å²) in [6.45, 7) is 11.4. The molecule has 8 heteroatoms. The summed E-state index contributed by atoms with van der Waals surface area (Å²) in [5, 5.41) is 5.92. The van der Waals surface area contributed by atoms with Crippen LogP contribution in [-0.2, 0) is 19.7 Å². The molecule has 0 aromatic heterocycles. The van der Waals surface area contributed by atoms with Crippen LogP contribution in [0.25, 0.3) is 6.08 Å².